The van der Waals surface area contributed by atoms with Crippen molar-refractivity contribution >= 4 is 33.8 Å². The smallest absolute Gasteiger partial charge is 0.326 e. The van der Waals surface area contributed by atoms with Gasteiger partial charge in [-0.1, -0.05) is 12.2 Å². The molecule has 144 valence electrons. The van der Waals surface area contributed by atoms with E-state index in [-0.39, 0.29) is 29.9 Å². The standard InChI is InChI=1S/C15H14F4N2O3S.ClH/c16-10-4-3-9(6-11(10)25(23,24)15(17,18)19)21-14(22)12-7-1-2-8(5-7)13(12)20;/h1-4,6-8,12-13H,5,20H2,(H,21,22);1H/t7-,8+,12+,13-;/m1./s1. The van der Waals surface area contributed by atoms with E-state index in [0.29, 0.717) is 12.1 Å². The van der Waals surface area contributed by atoms with E-state index < -0.39 is 43.9 Å². The third-order valence-electron chi connectivity index (χ3n) is 4.62. The van der Waals surface area contributed by atoms with E-state index in [2.05, 4.69) is 5.32 Å². The topological polar surface area (TPSA) is 89.3 Å². The molecule has 1 saturated carbocycles. The van der Waals surface area contributed by atoms with Gasteiger partial charge in [0.25, 0.3) is 9.84 Å². The van der Waals surface area contributed by atoms with Crippen LogP contribution in [-0.4, -0.2) is 25.9 Å². The molecule has 0 aliphatic heterocycles. The Morgan fingerprint density at radius 1 is 1.19 bits per heavy atom. The average Bonchev–Trinajstić information content (AvgIpc) is 3.08. The first-order chi connectivity index (χ1) is 11.5. The van der Waals surface area contributed by atoms with Crippen LogP contribution in [0.2, 0.25) is 0 Å². The first kappa shape index (κ1) is 20.7. The van der Waals surface area contributed by atoms with Crippen molar-refractivity contribution in [2.24, 2.45) is 23.5 Å². The molecule has 0 saturated heterocycles. The van der Waals surface area contributed by atoms with Crippen molar-refractivity contribution in [2.75, 3.05) is 5.32 Å². The summed E-state index contributed by atoms with van der Waals surface area (Å²) in [6.07, 6.45) is 4.50. The highest BCUT2D eigenvalue weighted by atomic mass is 35.5. The molecule has 26 heavy (non-hydrogen) atoms. The minimum Gasteiger partial charge on any atom is -0.326 e. The lowest BCUT2D eigenvalue weighted by Gasteiger charge is -2.23. The Kier molecular flexibility index (Phi) is 5.42. The maximum absolute atomic E-state index is 13.6. The summed E-state index contributed by atoms with van der Waals surface area (Å²) >= 11 is 0. The minimum atomic E-state index is -5.87. The summed E-state index contributed by atoms with van der Waals surface area (Å²) < 4.78 is 74.3. The lowest BCUT2D eigenvalue weighted by Crippen LogP contribution is -2.41. The predicted octanol–water partition coefficient (Wildman–Crippen LogP) is 2.63. The van der Waals surface area contributed by atoms with Gasteiger partial charge in [-0.3, -0.25) is 4.79 Å². The zero-order valence-electron chi connectivity index (χ0n) is 13.0. The van der Waals surface area contributed by atoms with Crippen LogP contribution in [-0.2, 0) is 14.6 Å². The summed E-state index contributed by atoms with van der Waals surface area (Å²) in [5.74, 6) is -2.65. The maximum atomic E-state index is 13.6. The van der Waals surface area contributed by atoms with Gasteiger partial charge < -0.3 is 11.1 Å². The molecule has 0 aromatic heterocycles. The number of alkyl halides is 3. The van der Waals surface area contributed by atoms with Crippen molar-refractivity contribution in [3.05, 3.63) is 36.2 Å². The number of carbonyl (C=O) groups excluding carboxylic acids is 1. The van der Waals surface area contributed by atoms with Gasteiger partial charge >= 0.3 is 5.51 Å². The molecule has 0 radical (unpaired) electrons. The number of hydrogen-bond donors (Lipinski definition) is 2. The number of allylic oxidation sites excluding steroid dienone is 1. The molecule has 3 N–H and O–H groups in total. The molecule has 1 aromatic carbocycles. The lowest BCUT2D eigenvalue weighted by molar-refractivity contribution is -0.120. The van der Waals surface area contributed by atoms with Crippen molar-refractivity contribution in [1.82, 2.24) is 0 Å². The third-order valence-corrected chi connectivity index (χ3v) is 6.12. The van der Waals surface area contributed by atoms with Crippen LogP contribution in [0.4, 0.5) is 23.2 Å². The van der Waals surface area contributed by atoms with Crippen LogP contribution in [0, 0.1) is 23.6 Å². The summed E-state index contributed by atoms with van der Waals surface area (Å²) in [6.45, 7) is 0. The van der Waals surface area contributed by atoms with Crippen LogP contribution >= 0.6 is 12.4 Å². The Morgan fingerprint density at radius 3 is 2.35 bits per heavy atom. The Labute approximate surface area is 153 Å². The number of benzene rings is 1. The number of anilines is 1. The fraction of sp³-hybridized carbons (Fsp3) is 0.400. The van der Waals surface area contributed by atoms with Crippen molar-refractivity contribution in [3.8, 4) is 0 Å². The molecule has 1 amide bonds. The summed E-state index contributed by atoms with van der Waals surface area (Å²) in [5.41, 5.74) is 0.0953. The van der Waals surface area contributed by atoms with E-state index in [1.807, 2.05) is 12.2 Å². The Morgan fingerprint density at radius 2 is 1.81 bits per heavy atom. The number of halogens is 5. The van der Waals surface area contributed by atoms with E-state index in [0.717, 1.165) is 12.5 Å². The van der Waals surface area contributed by atoms with Gasteiger partial charge in [-0.05, 0) is 36.5 Å². The Balaban J connectivity index is 0.00000243. The molecule has 5 nitrogen and oxygen atoms in total. The van der Waals surface area contributed by atoms with Crippen molar-refractivity contribution in [3.63, 3.8) is 0 Å². The normalized spacial score (nSPS) is 27.3. The summed E-state index contributed by atoms with van der Waals surface area (Å²) in [7, 11) is -5.87. The van der Waals surface area contributed by atoms with E-state index >= 15 is 0 Å². The minimum absolute atomic E-state index is 0. The molecule has 0 spiro atoms. The first-order valence-electron chi connectivity index (χ1n) is 7.38. The van der Waals surface area contributed by atoms with Crippen LogP contribution in [0.5, 0.6) is 0 Å². The maximum Gasteiger partial charge on any atom is 0.502 e. The van der Waals surface area contributed by atoms with Gasteiger partial charge in [-0.25, -0.2) is 12.8 Å². The van der Waals surface area contributed by atoms with Crippen LogP contribution in [0.15, 0.2) is 35.2 Å². The molecule has 3 rings (SSSR count). The molecule has 2 aliphatic carbocycles. The molecule has 0 heterocycles. The molecule has 11 heteroatoms. The highest BCUT2D eigenvalue weighted by molar-refractivity contribution is 7.92. The van der Waals surface area contributed by atoms with Gasteiger partial charge in [0.1, 0.15) is 10.7 Å². The second kappa shape index (κ2) is 6.82. The molecular formula is C15H15ClF4N2O3S. The predicted molar refractivity (Wildman–Crippen MR) is 87.7 cm³/mol. The van der Waals surface area contributed by atoms with E-state index in [4.69, 9.17) is 5.73 Å². The monoisotopic (exact) mass is 414 g/mol. The second-order valence-corrected chi connectivity index (χ2v) is 8.04. The van der Waals surface area contributed by atoms with Crippen LogP contribution in [0.25, 0.3) is 0 Å². The molecule has 0 unspecified atom stereocenters. The Bertz CT molecular complexity index is 857. The number of amides is 1. The fourth-order valence-corrected chi connectivity index (χ4v) is 4.22. The quantitative estimate of drug-likeness (QED) is 0.587. The summed E-state index contributed by atoms with van der Waals surface area (Å²) in [6, 6.07) is 1.60. The van der Waals surface area contributed by atoms with Gasteiger partial charge in [0, 0.05) is 11.7 Å². The summed E-state index contributed by atoms with van der Waals surface area (Å²) in [4.78, 5) is 10.8. The van der Waals surface area contributed by atoms with Crippen molar-refractivity contribution in [2.45, 2.75) is 22.9 Å². The number of nitrogens with one attached hydrogen (secondary N) is 1. The lowest BCUT2D eigenvalue weighted by atomic mass is 9.88. The number of rotatable bonds is 3. The van der Waals surface area contributed by atoms with Gasteiger partial charge in [0.05, 0.1) is 5.92 Å². The molecule has 1 fully saturated rings. The van der Waals surface area contributed by atoms with E-state index in [1.54, 1.807) is 0 Å². The third kappa shape index (κ3) is 3.33. The zero-order chi connectivity index (χ0) is 18.6. The highest BCUT2D eigenvalue weighted by Gasteiger charge is 2.49. The molecule has 2 bridgehead atoms. The van der Waals surface area contributed by atoms with Crippen LogP contribution in [0.1, 0.15) is 6.42 Å². The molecule has 2 aliphatic rings. The number of carbonyl (C=O) groups is 1. The molecule has 1 aromatic rings. The van der Waals surface area contributed by atoms with Crippen molar-refractivity contribution in [1.29, 1.82) is 0 Å². The van der Waals surface area contributed by atoms with E-state index in [1.165, 1.54) is 0 Å². The van der Waals surface area contributed by atoms with Crippen molar-refractivity contribution < 1.29 is 30.8 Å². The number of hydrogen-bond acceptors (Lipinski definition) is 4. The summed E-state index contributed by atoms with van der Waals surface area (Å²) in [5, 5.41) is 2.34. The number of sulfone groups is 1. The zero-order valence-corrected chi connectivity index (χ0v) is 14.7. The van der Waals surface area contributed by atoms with E-state index in [9.17, 15) is 30.8 Å². The van der Waals surface area contributed by atoms with Gasteiger partial charge in [-0.2, -0.15) is 13.2 Å². The van der Waals surface area contributed by atoms with Crippen LogP contribution in [0.3, 0.4) is 0 Å². The van der Waals surface area contributed by atoms with Crippen LogP contribution < -0.4 is 11.1 Å². The molecule has 4 atom stereocenters. The molecular weight excluding hydrogens is 400 g/mol. The van der Waals surface area contributed by atoms with Gasteiger partial charge in [0.2, 0.25) is 5.91 Å². The SMILES string of the molecule is Cl.N[C@H]1[C@@H](C(=O)Nc2ccc(F)c(S(=O)(=O)C(F)(F)F)c2)[C@@H]2C=C[C@H]1C2. The fourth-order valence-electron chi connectivity index (χ4n) is 3.37. The first-order valence-corrected chi connectivity index (χ1v) is 8.86. The largest absolute Gasteiger partial charge is 0.502 e. The highest BCUT2D eigenvalue weighted by Crippen LogP contribution is 2.43. The average molecular weight is 415 g/mol. The number of fused-ring (bicyclic) bond motifs is 2. The second-order valence-electron chi connectivity index (χ2n) is 6.14. The van der Waals surface area contributed by atoms with Gasteiger partial charge in [-0.15, -0.1) is 12.4 Å². The number of nitrogens with two attached hydrogens (primary N) is 1. The van der Waals surface area contributed by atoms with Gasteiger partial charge in [0.15, 0.2) is 0 Å². The Hall–Kier alpha value is -1.65.